The van der Waals surface area contributed by atoms with Gasteiger partial charge in [0.05, 0.1) is 0 Å². The smallest absolute Gasteiger partial charge is 0.191 e. The topological polar surface area (TPSA) is 39.9 Å². The largest absolute Gasteiger partial charge is 0.485 e. The summed E-state index contributed by atoms with van der Waals surface area (Å²) >= 11 is 1.75. The second-order valence-corrected chi connectivity index (χ2v) is 6.84. The van der Waals surface area contributed by atoms with Gasteiger partial charge in [-0.1, -0.05) is 60.3 Å². The molecule has 25 heavy (non-hydrogen) atoms. The van der Waals surface area contributed by atoms with Gasteiger partial charge >= 0.3 is 0 Å². The molecule has 0 amide bonds. The maximum absolute atomic E-state index is 5.92. The maximum atomic E-state index is 5.92. The SMILES string of the molecule is CCn1c(COc2ccccc2C)nnc1SCCc1ccccc1. The van der Waals surface area contributed by atoms with Crippen LogP contribution in [0.1, 0.15) is 23.9 Å². The maximum Gasteiger partial charge on any atom is 0.191 e. The van der Waals surface area contributed by atoms with Crippen LogP contribution in [0.4, 0.5) is 0 Å². The van der Waals surface area contributed by atoms with Gasteiger partial charge in [0.15, 0.2) is 11.0 Å². The molecule has 3 rings (SSSR count). The minimum Gasteiger partial charge on any atom is -0.485 e. The molecule has 2 aromatic carbocycles. The highest BCUT2D eigenvalue weighted by Crippen LogP contribution is 2.21. The molecular formula is C20H23N3OS. The van der Waals surface area contributed by atoms with Gasteiger partial charge in [-0.15, -0.1) is 10.2 Å². The Bertz CT molecular complexity index is 802. The zero-order valence-electron chi connectivity index (χ0n) is 14.7. The minimum atomic E-state index is 0.435. The van der Waals surface area contributed by atoms with Gasteiger partial charge in [0.1, 0.15) is 12.4 Å². The average molecular weight is 353 g/mol. The lowest BCUT2D eigenvalue weighted by molar-refractivity contribution is 0.286. The number of nitrogens with zero attached hydrogens (tertiary/aromatic N) is 3. The van der Waals surface area contributed by atoms with E-state index in [-0.39, 0.29) is 0 Å². The number of benzene rings is 2. The van der Waals surface area contributed by atoms with Gasteiger partial charge < -0.3 is 9.30 Å². The molecule has 130 valence electrons. The van der Waals surface area contributed by atoms with Crippen LogP contribution < -0.4 is 4.74 Å². The molecule has 4 nitrogen and oxygen atoms in total. The summed E-state index contributed by atoms with van der Waals surface area (Å²) in [6.07, 6.45) is 1.02. The quantitative estimate of drug-likeness (QED) is 0.558. The van der Waals surface area contributed by atoms with E-state index in [9.17, 15) is 0 Å². The Morgan fingerprint density at radius 1 is 1.00 bits per heavy atom. The highest BCUT2D eigenvalue weighted by molar-refractivity contribution is 7.99. The van der Waals surface area contributed by atoms with E-state index >= 15 is 0 Å². The summed E-state index contributed by atoms with van der Waals surface area (Å²) in [5, 5.41) is 9.63. The highest BCUT2D eigenvalue weighted by atomic mass is 32.2. The Morgan fingerprint density at radius 2 is 1.76 bits per heavy atom. The molecule has 0 aliphatic heterocycles. The molecule has 0 aliphatic rings. The Morgan fingerprint density at radius 3 is 2.52 bits per heavy atom. The molecule has 0 radical (unpaired) electrons. The van der Waals surface area contributed by atoms with Crippen molar-refractivity contribution in [2.75, 3.05) is 5.75 Å². The third-order valence-corrected chi connectivity index (χ3v) is 4.99. The monoisotopic (exact) mass is 353 g/mol. The number of hydrogen-bond acceptors (Lipinski definition) is 4. The number of hydrogen-bond donors (Lipinski definition) is 0. The van der Waals surface area contributed by atoms with Crippen LogP contribution in [0.25, 0.3) is 0 Å². The third-order valence-electron chi connectivity index (χ3n) is 4.02. The minimum absolute atomic E-state index is 0.435. The van der Waals surface area contributed by atoms with Gasteiger partial charge in [0.2, 0.25) is 0 Å². The average Bonchev–Trinajstić information content (AvgIpc) is 3.04. The second kappa shape index (κ2) is 8.72. The molecule has 3 aromatic rings. The van der Waals surface area contributed by atoms with Crippen LogP contribution in [0.15, 0.2) is 59.8 Å². The molecule has 1 aromatic heterocycles. The number of ether oxygens (including phenoxy) is 1. The summed E-state index contributed by atoms with van der Waals surface area (Å²) in [5.74, 6) is 2.75. The molecule has 0 saturated heterocycles. The zero-order valence-corrected chi connectivity index (χ0v) is 15.5. The predicted octanol–water partition coefficient (Wildman–Crippen LogP) is 4.52. The first kappa shape index (κ1) is 17.5. The fourth-order valence-corrected chi connectivity index (χ4v) is 3.62. The molecular weight excluding hydrogens is 330 g/mol. The lowest BCUT2D eigenvalue weighted by Crippen LogP contribution is -2.07. The van der Waals surface area contributed by atoms with Crippen LogP contribution in [0.2, 0.25) is 0 Å². The first-order valence-corrected chi connectivity index (χ1v) is 9.53. The van der Waals surface area contributed by atoms with Gasteiger partial charge in [-0.3, -0.25) is 0 Å². The van der Waals surface area contributed by atoms with Crippen molar-refractivity contribution in [3.63, 3.8) is 0 Å². The molecule has 5 heteroatoms. The van der Waals surface area contributed by atoms with Crippen LogP contribution in [0.5, 0.6) is 5.75 Å². The number of thioether (sulfide) groups is 1. The third kappa shape index (κ3) is 4.63. The van der Waals surface area contributed by atoms with Crippen LogP contribution >= 0.6 is 11.8 Å². The second-order valence-electron chi connectivity index (χ2n) is 5.78. The summed E-state index contributed by atoms with van der Waals surface area (Å²) in [7, 11) is 0. The Balaban J connectivity index is 1.59. The molecule has 0 spiro atoms. The number of aryl methyl sites for hydroxylation is 2. The summed E-state index contributed by atoms with van der Waals surface area (Å²) in [4.78, 5) is 0. The predicted molar refractivity (Wildman–Crippen MR) is 102 cm³/mol. The van der Waals surface area contributed by atoms with E-state index in [1.54, 1.807) is 11.8 Å². The van der Waals surface area contributed by atoms with Gasteiger partial charge in [-0.25, -0.2) is 0 Å². The molecule has 0 bridgehead atoms. The van der Waals surface area contributed by atoms with Crippen molar-refractivity contribution in [3.8, 4) is 5.75 Å². The normalized spacial score (nSPS) is 10.8. The van der Waals surface area contributed by atoms with Crippen LogP contribution in [0.3, 0.4) is 0 Å². The van der Waals surface area contributed by atoms with Gasteiger partial charge in [-0.05, 0) is 37.5 Å². The fourth-order valence-electron chi connectivity index (χ4n) is 2.62. The molecule has 0 atom stereocenters. The van der Waals surface area contributed by atoms with Crippen molar-refractivity contribution < 1.29 is 4.74 Å². The van der Waals surface area contributed by atoms with Crippen molar-refractivity contribution in [2.45, 2.75) is 38.6 Å². The number of para-hydroxylation sites is 1. The van der Waals surface area contributed by atoms with Gasteiger partial charge in [0, 0.05) is 12.3 Å². The van der Waals surface area contributed by atoms with E-state index in [2.05, 4.69) is 46.0 Å². The van der Waals surface area contributed by atoms with Crippen molar-refractivity contribution in [1.29, 1.82) is 0 Å². The fraction of sp³-hybridized carbons (Fsp3) is 0.300. The van der Waals surface area contributed by atoms with Crippen molar-refractivity contribution >= 4 is 11.8 Å². The molecule has 0 fully saturated rings. The van der Waals surface area contributed by atoms with Gasteiger partial charge in [-0.2, -0.15) is 0 Å². The first-order valence-electron chi connectivity index (χ1n) is 8.55. The lowest BCUT2D eigenvalue weighted by atomic mass is 10.2. The van der Waals surface area contributed by atoms with E-state index in [0.29, 0.717) is 6.61 Å². The highest BCUT2D eigenvalue weighted by Gasteiger charge is 2.12. The van der Waals surface area contributed by atoms with Crippen molar-refractivity contribution in [2.24, 2.45) is 0 Å². The van der Waals surface area contributed by atoms with E-state index in [1.807, 2.05) is 37.3 Å². The van der Waals surface area contributed by atoms with E-state index in [1.165, 1.54) is 5.56 Å². The summed E-state index contributed by atoms with van der Waals surface area (Å²) < 4.78 is 8.05. The summed E-state index contributed by atoms with van der Waals surface area (Å²) in [5.41, 5.74) is 2.48. The summed E-state index contributed by atoms with van der Waals surface area (Å²) in [6.45, 7) is 5.44. The zero-order chi connectivity index (χ0) is 17.5. The Hall–Kier alpha value is -2.27. The molecule has 0 aliphatic carbocycles. The van der Waals surface area contributed by atoms with Crippen LogP contribution in [0, 0.1) is 6.92 Å². The Kier molecular flexibility index (Phi) is 6.12. The van der Waals surface area contributed by atoms with Crippen LogP contribution in [-0.4, -0.2) is 20.5 Å². The van der Waals surface area contributed by atoms with Crippen molar-refractivity contribution in [3.05, 3.63) is 71.5 Å². The van der Waals surface area contributed by atoms with Crippen LogP contribution in [-0.2, 0) is 19.6 Å². The molecule has 0 saturated carbocycles. The lowest BCUT2D eigenvalue weighted by Gasteiger charge is -2.10. The Labute approximate surface area is 153 Å². The summed E-state index contributed by atoms with van der Waals surface area (Å²) in [6, 6.07) is 18.5. The number of rotatable bonds is 8. The van der Waals surface area contributed by atoms with E-state index < -0.39 is 0 Å². The number of aromatic nitrogens is 3. The first-order chi connectivity index (χ1) is 12.3. The van der Waals surface area contributed by atoms with Gasteiger partial charge in [0.25, 0.3) is 0 Å². The molecule has 0 unspecified atom stereocenters. The van der Waals surface area contributed by atoms with E-state index in [0.717, 1.165) is 41.0 Å². The van der Waals surface area contributed by atoms with E-state index in [4.69, 9.17) is 4.74 Å². The molecule has 1 heterocycles. The molecule has 0 N–H and O–H groups in total. The van der Waals surface area contributed by atoms with Crippen molar-refractivity contribution in [1.82, 2.24) is 14.8 Å². The standard InChI is InChI=1S/C20H23N3OS/c1-3-23-19(15-24-18-12-8-7-9-16(18)2)21-22-20(23)25-14-13-17-10-5-4-6-11-17/h4-12H,3,13-15H2,1-2H3.